The molecule has 22 heavy (non-hydrogen) atoms. The van der Waals surface area contributed by atoms with Gasteiger partial charge in [-0.25, -0.2) is 4.79 Å². The third-order valence-electron chi connectivity index (χ3n) is 3.20. The van der Waals surface area contributed by atoms with Crippen molar-refractivity contribution in [1.82, 2.24) is 0 Å². The molecular weight excluding hydrogens is 344 g/mol. The first kappa shape index (κ1) is 16.6. The lowest BCUT2D eigenvalue weighted by Crippen LogP contribution is -2.18. The smallest absolute Gasteiger partial charge is 0.349 e. The summed E-state index contributed by atoms with van der Waals surface area (Å²) in [5.74, 6) is 1.12. The average molecular weight is 363 g/mol. The van der Waals surface area contributed by atoms with Gasteiger partial charge < -0.3 is 9.47 Å². The molecule has 3 nitrogen and oxygen atoms in total. The largest absolute Gasteiger partial charge is 0.482 e. The van der Waals surface area contributed by atoms with Crippen LogP contribution in [0, 0.1) is 6.92 Å². The lowest BCUT2D eigenvalue weighted by molar-refractivity contribution is -0.136. The average Bonchev–Trinajstić information content (AvgIpc) is 2.48. The topological polar surface area (TPSA) is 35.5 Å². The number of carbonyl (C=O) groups is 1. The molecule has 0 fully saturated rings. The Morgan fingerprint density at radius 2 is 1.86 bits per heavy atom. The summed E-state index contributed by atoms with van der Waals surface area (Å²) in [5, 5.41) is 0. The van der Waals surface area contributed by atoms with E-state index in [9.17, 15) is 4.79 Å². The van der Waals surface area contributed by atoms with Gasteiger partial charge in [0.15, 0.2) is 6.61 Å². The molecule has 0 saturated heterocycles. The fraction of sp³-hybridized carbons (Fsp3) is 0.278. The van der Waals surface area contributed by atoms with Gasteiger partial charge in [0.2, 0.25) is 0 Å². The van der Waals surface area contributed by atoms with Crippen LogP contribution in [0.25, 0.3) is 0 Å². The number of hydrogen-bond donors (Lipinski definition) is 0. The Morgan fingerprint density at radius 3 is 2.55 bits per heavy atom. The van der Waals surface area contributed by atoms with Crippen molar-refractivity contribution in [3.05, 3.63) is 58.1 Å². The summed E-state index contributed by atoms with van der Waals surface area (Å²) in [7, 11) is 0. The molecule has 0 aliphatic carbocycles. The lowest BCUT2D eigenvalue weighted by Gasteiger charge is -2.13. The highest BCUT2D eigenvalue weighted by molar-refractivity contribution is 9.10. The standard InChI is InChI=1S/C18H19BrO3/c1-12(2)14-6-4-5-7-16(14)21-11-18(20)22-17-9-8-13(3)10-15(17)19/h4-10,12H,11H2,1-3H3. The molecule has 2 rings (SSSR count). The van der Waals surface area contributed by atoms with Gasteiger partial charge in [-0.1, -0.05) is 38.1 Å². The number of aryl methyl sites for hydroxylation is 1. The summed E-state index contributed by atoms with van der Waals surface area (Å²) in [6.45, 7) is 6.03. The van der Waals surface area contributed by atoms with E-state index >= 15 is 0 Å². The summed E-state index contributed by atoms with van der Waals surface area (Å²) >= 11 is 3.38. The number of esters is 1. The van der Waals surface area contributed by atoms with Crippen LogP contribution in [0.3, 0.4) is 0 Å². The summed E-state index contributed by atoms with van der Waals surface area (Å²) in [6.07, 6.45) is 0. The maximum absolute atomic E-state index is 11.9. The Hall–Kier alpha value is -1.81. The maximum Gasteiger partial charge on any atom is 0.349 e. The van der Waals surface area contributed by atoms with Crippen molar-refractivity contribution >= 4 is 21.9 Å². The monoisotopic (exact) mass is 362 g/mol. The molecule has 0 saturated carbocycles. The first-order chi connectivity index (χ1) is 10.5. The summed E-state index contributed by atoms with van der Waals surface area (Å²) in [5.41, 5.74) is 2.17. The first-order valence-corrected chi connectivity index (χ1v) is 7.95. The molecule has 2 aromatic carbocycles. The van der Waals surface area contributed by atoms with Gasteiger partial charge >= 0.3 is 5.97 Å². The summed E-state index contributed by atoms with van der Waals surface area (Å²) in [6, 6.07) is 13.3. The molecule has 0 atom stereocenters. The normalized spacial score (nSPS) is 10.6. The third-order valence-corrected chi connectivity index (χ3v) is 3.82. The van der Waals surface area contributed by atoms with Crippen molar-refractivity contribution in [1.29, 1.82) is 0 Å². The summed E-state index contributed by atoms with van der Waals surface area (Å²) < 4.78 is 11.7. The van der Waals surface area contributed by atoms with Crippen molar-refractivity contribution in [2.45, 2.75) is 26.7 Å². The molecule has 0 aliphatic heterocycles. The molecule has 0 heterocycles. The maximum atomic E-state index is 11.9. The predicted molar refractivity (Wildman–Crippen MR) is 90.5 cm³/mol. The Kier molecular flexibility index (Phi) is 5.61. The van der Waals surface area contributed by atoms with E-state index in [0.717, 1.165) is 21.3 Å². The number of para-hydroxylation sites is 1. The van der Waals surface area contributed by atoms with E-state index in [-0.39, 0.29) is 6.61 Å². The minimum Gasteiger partial charge on any atom is -0.482 e. The van der Waals surface area contributed by atoms with E-state index in [1.807, 2.05) is 43.3 Å². The van der Waals surface area contributed by atoms with Crippen molar-refractivity contribution in [2.24, 2.45) is 0 Å². The van der Waals surface area contributed by atoms with Gasteiger partial charge in [0.25, 0.3) is 0 Å². The molecule has 2 aromatic rings. The molecular formula is C18H19BrO3. The predicted octanol–water partition coefficient (Wildman–Crippen LogP) is 4.87. The van der Waals surface area contributed by atoms with Crippen molar-refractivity contribution < 1.29 is 14.3 Å². The Labute approximate surface area is 139 Å². The third kappa shape index (κ3) is 4.34. The highest BCUT2D eigenvalue weighted by Gasteiger charge is 2.12. The number of ether oxygens (including phenoxy) is 2. The molecule has 0 aliphatic rings. The quantitative estimate of drug-likeness (QED) is 0.562. The van der Waals surface area contributed by atoms with Crippen LogP contribution < -0.4 is 9.47 Å². The first-order valence-electron chi connectivity index (χ1n) is 7.16. The SMILES string of the molecule is Cc1ccc(OC(=O)COc2ccccc2C(C)C)c(Br)c1. The fourth-order valence-corrected chi connectivity index (χ4v) is 2.64. The van der Waals surface area contributed by atoms with Gasteiger partial charge in [-0.3, -0.25) is 0 Å². The van der Waals surface area contributed by atoms with Crippen LogP contribution in [0.15, 0.2) is 46.9 Å². The van der Waals surface area contributed by atoms with E-state index in [4.69, 9.17) is 9.47 Å². The highest BCUT2D eigenvalue weighted by Crippen LogP contribution is 2.27. The highest BCUT2D eigenvalue weighted by atomic mass is 79.9. The Balaban J connectivity index is 1.99. The number of rotatable bonds is 5. The molecule has 0 amide bonds. The van der Waals surface area contributed by atoms with Gasteiger partial charge in [-0.05, 0) is 58.1 Å². The lowest BCUT2D eigenvalue weighted by atomic mass is 10.0. The van der Waals surface area contributed by atoms with Crippen LogP contribution in [-0.4, -0.2) is 12.6 Å². The van der Waals surface area contributed by atoms with E-state index < -0.39 is 5.97 Å². The molecule has 4 heteroatoms. The zero-order chi connectivity index (χ0) is 16.1. The van der Waals surface area contributed by atoms with Crippen molar-refractivity contribution in [2.75, 3.05) is 6.61 Å². The van der Waals surface area contributed by atoms with Crippen LogP contribution >= 0.6 is 15.9 Å². The second-order valence-corrected chi connectivity index (χ2v) is 6.24. The number of halogens is 1. The Bertz CT molecular complexity index is 665. The molecule has 0 spiro atoms. The van der Waals surface area contributed by atoms with Gasteiger partial charge in [0, 0.05) is 0 Å². The van der Waals surface area contributed by atoms with Gasteiger partial charge in [0.05, 0.1) is 4.47 Å². The van der Waals surface area contributed by atoms with E-state index in [1.54, 1.807) is 6.07 Å². The van der Waals surface area contributed by atoms with E-state index in [0.29, 0.717) is 11.7 Å². The van der Waals surface area contributed by atoms with Gasteiger partial charge in [-0.2, -0.15) is 0 Å². The fourth-order valence-electron chi connectivity index (χ4n) is 2.07. The van der Waals surface area contributed by atoms with E-state index in [1.165, 1.54) is 0 Å². The molecule has 0 unspecified atom stereocenters. The number of hydrogen-bond acceptors (Lipinski definition) is 3. The van der Waals surface area contributed by atoms with Crippen LogP contribution in [-0.2, 0) is 4.79 Å². The summed E-state index contributed by atoms with van der Waals surface area (Å²) in [4.78, 5) is 11.9. The molecule has 0 aromatic heterocycles. The Morgan fingerprint density at radius 1 is 1.14 bits per heavy atom. The molecule has 0 N–H and O–H groups in total. The van der Waals surface area contributed by atoms with Crippen LogP contribution in [0.5, 0.6) is 11.5 Å². The molecule has 116 valence electrons. The van der Waals surface area contributed by atoms with Crippen molar-refractivity contribution in [3.8, 4) is 11.5 Å². The van der Waals surface area contributed by atoms with Crippen LogP contribution in [0.1, 0.15) is 30.9 Å². The minimum atomic E-state index is -0.428. The van der Waals surface area contributed by atoms with E-state index in [2.05, 4.69) is 29.8 Å². The van der Waals surface area contributed by atoms with Crippen LogP contribution in [0.2, 0.25) is 0 Å². The second kappa shape index (κ2) is 7.45. The minimum absolute atomic E-state index is 0.121. The van der Waals surface area contributed by atoms with Gasteiger partial charge in [0.1, 0.15) is 11.5 Å². The van der Waals surface area contributed by atoms with Gasteiger partial charge in [-0.15, -0.1) is 0 Å². The zero-order valence-corrected chi connectivity index (χ0v) is 14.5. The zero-order valence-electron chi connectivity index (χ0n) is 12.9. The number of benzene rings is 2. The van der Waals surface area contributed by atoms with Crippen molar-refractivity contribution in [3.63, 3.8) is 0 Å². The molecule has 0 radical (unpaired) electrons. The second-order valence-electron chi connectivity index (χ2n) is 5.39. The molecule has 0 bridgehead atoms. The van der Waals surface area contributed by atoms with Crippen LogP contribution in [0.4, 0.5) is 0 Å². The number of carbonyl (C=O) groups excluding carboxylic acids is 1.